The van der Waals surface area contributed by atoms with Crippen LogP contribution in [0, 0.1) is 5.41 Å². The fourth-order valence-electron chi connectivity index (χ4n) is 12.2. The van der Waals surface area contributed by atoms with Crippen molar-refractivity contribution in [2.24, 2.45) is 5.41 Å². The molecule has 3 saturated heterocycles. The maximum atomic E-state index is 14.5. The number of sulfone groups is 1. The summed E-state index contributed by atoms with van der Waals surface area (Å²) in [7, 11) is -11.1. The first-order chi connectivity index (χ1) is 42.8. The SMILES string of the molecule is CC1(C)CCC(c2ccc(Cl)cc2)=C(CN2CCN(c3ccc(C(=O)NS(=O)(=O)c4ccc(NC(CCN5CCN(C(=O)CCCNc6cccc7c6C(=O)N(C6CCC(=O)NC6=O)C7=O)CC5)CSc5ccccc5)c(S(=O)(=O)C(F)(F)F)c4)cc3)CC2)C1. The largest absolute Gasteiger partial charge is 0.501 e. The maximum absolute atomic E-state index is 14.5. The average Bonchev–Trinajstić information content (AvgIpc) is 1.48. The number of thioether (sulfide) groups is 1. The van der Waals surface area contributed by atoms with Gasteiger partial charge in [0, 0.05) is 123 Å². The van der Waals surface area contributed by atoms with Gasteiger partial charge in [0.1, 0.15) is 10.9 Å². The summed E-state index contributed by atoms with van der Waals surface area (Å²) < 4.78 is 99.8. The summed E-state index contributed by atoms with van der Waals surface area (Å²) in [6, 6.07) is 28.8. The number of allylic oxidation sites excluding steroid dienone is 1. The molecule has 26 heteroatoms. The van der Waals surface area contributed by atoms with Crippen LogP contribution in [0.3, 0.4) is 0 Å². The number of carbonyl (C=O) groups is 6. The molecule has 0 radical (unpaired) electrons. The Balaban J connectivity index is 0.737. The molecule has 2 atom stereocenters. The molecule has 4 N–H and O–H groups in total. The predicted molar refractivity (Wildman–Crippen MR) is 338 cm³/mol. The lowest BCUT2D eigenvalue weighted by atomic mass is 9.73. The molecule has 0 spiro atoms. The van der Waals surface area contributed by atoms with E-state index in [2.05, 4.69) is 56.6 Å². The van der Waals surface area contributed by atoms with Gasteiger partial charge < -0.3 is 20.4 Å². The minimum absolute atomic E-state index is 0.0101. The third kappa shape index (κ3) is 15.4. The van der Waals surface area contributed by atoms with E-state index in [4.69, 9.17) is 11.6 Å². The van der Waals surface area contributed by atoms with Gasteiger partial charge in [-0.3, -0.25) is 48.8 Å². The van der Waals surface area contributed by atoms with Crippen molar-refractivity contribution in [2.45, 2.75) is 97.5 Å². The fourth-order valence-corrected chi connectivity index (χ4v) is 15.3. The Bertz CT molecular complexity index is 3810. The number of rotatable bonds is 22. The molecule has 0 aromatic heterocycles. The normalized spacial score (nSPS) is 19.0. The van der Waals surface area contributed by atoms with E-state index in [9.17, 15) is 58.8 Å². The number of piperazine rings is 2. The van der Waals surface area contributed by atoms with Crippen LogP contribution in [0.1, 0.15) is 102 Å². The monoisotopic (exact) mass is 1310 g/mol. The lowest BCUT2D eigenvalue weighted by Gasteiger charge is -2.39. The summed E-state index contributed by atoms with van der Waals surface area (Å²) in [4.78, 5) is 85.9. The number of sulfonamides is 1. The van der Waals surface area contributed by atoms with Gasteiger partial charge >= 0.3 is 5.51 Å². The minimum Gasteiger partial charge on any atom is -0.384 e. The van der Waals surface area contributed by atoms with Crippen molar-refractivity contribution < 1.29 is 58.8 Å². The van der Waals surface area contributed by atoms with E-state index in [1.807, 2.05) is 47.2 Å². The lowest BCUT2D eigenvalue weighted by molar-refractivity contribution is -0.136. The highest BCUT2D eigenvalue weighted by Crippen LogP contribution is 2.43. The summed E-state index contributed by atoms with van der Waals surface area (Å²) in [5.41, 5.74) is -0.749. The number of amides is 6. The number of halogens is 4. The van der Waals surface area contributed by atoms with Gasteiger partial charge in [-0.05, 0) is 134 Å². The molecule has 19 nitrogen and oxygen atoms in total. The zero-order valence-electron chi connectivity index (χ0n) is 49.8. The molecule has 0 bridgehead atoms. The maximum Gasteiger partial charge on any atom is 0.501 e. The highest BCUT2D eigenvalue weighted by atomic mass is 35.5. The molecule has 3 fully saturated rings. The number of anilines is 3. The van der Waals surface area contributed by atoms with E-state index in [1.54, 1.807) is 29.2 Å². The number of hydrogen-bond donors (Lipinski definition) is 4. The van der Waals surface area contributed by atoms with Crippen molar-refractivity contribution in [1.29, 1.82) is 0 Å². The first-order valence-electron chi connectivity index (χ1n) is 29.9. The van der Waals surface area contributed by atoms with Crippen molar-refractivity contribution in [1.82, 2.24) is 29.6 Å². The summed E-state index contributed by atoms with van der Waals surface area (Å²) >= 11 is 7.59. The lowest BCUT2D eigenvalue weighted by Crippen LogP contribution is -2.54. The molecular formula is C64H71ClF3N9O10S3. The van der Waals surface area contributed by atoms with Gasteiger partial charge in [0.25, 0.3) is 37.6 Å². The van der Waals surface area contributed by atoms with Crippen molar-refractivity contribution in [2.75, 3.05) is 93.3 Å². The van der Waals surface area contributed by atoms with Crippen LogP contribution in [0.4, 0.5) is 30.2 Å². The molecule has 4 heterocycles. The number of benzene rings is 5. The highest BCUT2D eigenvalue weighted by Gasteiger charge is 2.49. The molecule has 5 aromatic rings. The van der Waals surface area contributed by atoms with Crippen LogP contribution in [-0.4, -0.2) is 167 Å². The number of carbonyl (C=O) groups excluding carboxylic acids is 6. The molecule has 6 amide bonds. The van der Waals surface area contributed by atoms with Crippen LogP contribution < -0.4 is 25.6 Å². The van der Waals surface area contributed by atoms with Gasteiger partial charge in [0.15, 0.2) is 0 Å². The molecule has 4 aliphatic heterocycles. The van der Waals surface area contributed by atoms with Crippen molar-refractivity contribution >= 4 is 101 Å². The van der Waals surface area contributed by atoms with Gasteiger partial charge in [0.2, 0.25) is 17.7 Å². The second-order valence-electron chi connectivity index (χ2n) is 24.0. The summed E-state index contributed by atoms with van der Waals surface area (Å²) in [5.74, 6) is -3.40. The van der Waals surface area contributed by atoms with Gasteiger partial charge in [-0.2, -0.15) is 13.2 Å². The third-order valence-electron chi connectivity index (χ3n) is 17.2. The number of alkyl halides is 3. The van der Waals surface area contributed by atoms with Crippen molar-refractivity contribution in [3.05, 3.63) is 148 Å². The Morgan fingerprint density at radius 3 is 2.18 bits per heavy atom. The second-order valence-corrected chi connectivity index (χ2v) is 29.1. The average molecular weight is 1310 g/mol. The molecule has 5 aliphatic rings. The van der Waals surface area contributed by atoms with Crippen molar-refractivity contribution in [3.8, 4) is 0 Å². The standard InChI is InChI=1S/C64H71ClF3N9O10S3/c1-63(2)27-25-50(42-13-17-45(65)18-14-42)44(39-63)40-74-32-34-75(35-33-74)47-19-15-43(16-20-47)59(80)72-90(86,87)49-21-22-52(55(38-49)89(84,85)64(66,67)68)70-46(41-88-48-8-4-3-5-9-48)26-29-73-30-36-76(37-31-73)57(79)12-7-28-69-53-11-6-10-51-58(53)62(83)77(61(51)82)54-23-24-56(78)71-60(54)81/h3-6,8-11,13-22,38,46,54,69-70H,7,12,23-37,39-41H2,1-2H3,(H,72,80)(H,71,78,81). The zero-order chi connectivity index (χ0) is 64.1. The molecule has 90 heavy (non-hydrogen) atoms. The molecule has 0 saturated carbocycles. The Morgan fingerprint density at radius 1 is 0.789 bits per heavy atom. The van der Waals surface area contributed by atoms with Gasteiger partial charge in [-0.25, -0.2) is 21.6 Å². The van der Waals surface area contributed by atoms with E-state index in [0.29, 0.717) is 75.4 Å². The van der Waals surface area contributed by atoms with Crippen LogP contribution in [0.5, 0.6) is 0 Å². The number of nitrogens with one attached hydrogen (secondary N) is 4. The molecule has 1 aliphatic carbocycles. The first kappa shape index (κ1) is 65.7. The molecular weight excluding hydrogens is 1240 g/mol. The van der Waals surface area contributed by atoms with E-state index in [1.165, 1.54) is 46.7 Å². The van der Waals surface area contributed by atoms with Crippen LogP contribution in [0.2, 0.25) is 5.02 Å². The number of fused-ring (bicyclic) bond motifs is 1. The van der Waals surface area contributed by atoms with E-state index >= 15 is 0 Å². The quantitative estimate of drug-likeness (QED) is 0.0288. The Labute approximate surface area is 531 Å². The first-order valence-corrected chi connectivity index (χ1v) is 34.3. The Hall–Kier alpha value is -7.29. The molecule has 2 unspecified atom stereocenters. The van der Waals surface area contributed by atoms with Crippen LogP contribution in [-0.2, 0) is 34.2 Å². The van der Waals surface area contributed by atoms with Crippen molar-refractivity contribution in [3.63, 3.8) is 0 Å². The smallest absolute Gasteiger partial charge is 0.384 e. The van der Waals surface area contributed by atoms with Crippen LogP contribution in [0.25, 0.3) is 5.57 Å². The topological polar surface area (TPSA) is 235 Å². The van der Waals surface area contributed by atoms with E-state index < -0.39 is 82.5 Å². The van der Waals surface area contributed by atoms with E-state index in [0.717, 1.165) is 66.5 Å². The molecule has 5 aromatic carbocycles. The summed E-state index contributed by atoms with van der Waals surface area (Å²) in [5, 5.41) is 9.03. The van der Waals surface area contributed by atoms with Crippen LogP contribution >= 0.6 is 23.4 Å². The summed E-state index contributed by atoms with van der Waals surface area (Å²) in [6.45, 7) is 10.8. The zero-order valence-corrected chi connectivity index (χ0v) is 53.0. The number of imide groups is 2. The summed E-state index contributed by atoms with van der Waals surface area (Å²) in [6.07, 6.45) is 3.93. The minimum atomic E-state index is -6.18. The predicted octanol–water partition coefficient (Wildman–Crippen LogP) is 8.94. The number of nitrogens with zero attached hydrogens (tertiary/aromatic N) is 5. The molecule has 10 rings (SSSR count). The number of hydrogen-bond acceptors (Lipinski definition) is 16. The van der Waals surface area contributed by atoms with Gasteiger partial charge in [0.05, 0.1) is 21.7 Å². The number of piperidine rings is 1. The third-order valence-corrected chi connectivity index (χ3v) is 21.4. The Morgan fingerprint density at radius 2 is 1.49 bits per heavy atom. The highest BCUT2D eigenvalue weighted by molar-refractivity contribution is 7.99. The second kappa shape index (κ2) is 27.7. The van der Waals surface area contributed by atoms with Crippen LogP contribution in [0.15, 0.2) is 136 Å². The fraction of sp³-hybridized carbons (Fsp3) is 0.406. The van der Waals surface area contributed by atoms with E-state index in [-0.39, 0.29) is 59.6 Å². The molecule has 478 valence electrons. The Kier molecular flexibility index (Phi) is 20.2. The van der Waals surface area contributed by atoms with Gasteiger partial charge in [-0.1, -0.05) is 67.4 Å². The van der Waals surface area contributed by atoms with Gasteiger partial charge in [-0.15, -0.1) is 11.8 Å².